The molecule has 0 amide bonds. The number of aromatic nitrogens is 1. The van der Waals surface area contributed by atoms with Crippen LogP contribution in [0.4, 0.5) is 4.39 Å². The Kier molecular flexibility index (Phi) is 3.53. The maximum Gasteiger partial charge on any atom is 0.123 e. The van der Waals surface area contributed by atoms with Crippen molar-refractivity contribution in [3.05, 3.63) is 64.7 Å². The van der Waals surface area contributed by atoms with Crippen molar-refractivity contribution in [3.8, 4) is 0 Å². The number of aryl methyl sites for hydroxylation is 2. The summed E-state index contributed by atoms with van der Waals surface area (Å²) < 4.78 is 13.2. The Morgan fingerprint density at radius 3 is 3.00 bits per heavy atom. The summed E-state index contributed by atoms with van der Waals surface area (Å²) in [6, 6.07) is 8.59. The third-order valence-corrected chi connectivity index (χ3v) is 4.17. The molecule has 1 aromatic heterocycles. The van der Waals surface area contributed by atoms with Gasteiger partial charge in [-0.2, -0.15) is 0 Å². The van der Waals surface area contributed by atoms with Gasteiger partial charge >= 0.3 is 0 Å². The van der Waals surface area contributed by atoms with E-state index in [0.29, 0.717) is 0 Å². The first-order chi connectivity index (χ1) is 9.66. The van der Waals surface area contributed by atoms with Crippen LogP contribution < -0.4 is 0 Å². The van der Waals surface area contributed by atoms with E-state index in [1.54, 1.807) is 12.3 Å². The fourth-order valence-corrected chi connectivity index (χ4v) is 3.14. The third kappa shape index (κ3) is 2.34. The quantitative estimate of drug-likeness (QED) is 0.903. The SMILES string of the molecule is Cc1cc(F)ccc1C(O)C1CCCc2cccnc21. The molecule has 3 rings (SSSR count). The van der Waals surface area contributed by atoms with Crippen molar-refractivity contribution in [2.24, 2.45) is 0 Å². The van der Waals surface area contributed by atoms with Gasteiger partial charge in [-0.3, -0.25) is 4.98 Å². The van der Waals surface area contributed by atoms with Crippen LogP contribution in [0.1, 0.15) is 47.2 Å². The van der Waals surface area contributed by atoms with Crippen LogP contribution in [0.2, 0.25) is 0 Å². The lowest BCUT2D eigenvalue weighted by Crippen LogP contribution is -2.19. The molecular weight excluding hydrogens is 253 g/mol. The number of benzene rings is 1. The number of rotatable bonds is 2. The fraction of sp³-hybridized carbons (Fsp3) is 0.353. The lowest BCUT2D eigenvalue weighted by molar-refractivity contribution is 0.133. The molecule has 0 aliphatic heterocycles. The molecule has 1 aliphatic carbocycles. The molecule has 3 heteroatoms. The molecule has 2 atom stereocenters. The van der Waals surface area contributed by atoms with Crippen molar-refractivity contribution < 1.29 is 9.50 Å². The molecule has 2 aromatic rings. The Morgan fingerprint density at radius 2 is 2.20 bits per heavy atom. The van der Waals surface area contributed by atoms with E-state index in [9.17, 15) is 9.50 Å². The van der Waals surface area contributed by atoms with E-state index in [2.05, 4.69) is 11.1 Å². The smallest absolute Gasteiger partial charge is 0.123 e. The van der Waals surface area contributed by atoms with Gasteiger partial charge in [-0.15, -0.1) is 0 Å². The number of hydrogen-bond acceptors (Lipinski definition) is 2. The van der Waals surface area contributed by atoms with Crippen LogP contribution in [0.15, 0.2) is 36.5 Å². The molecular formula is C17H18FNO. The van der Waals surface area contributed by atoms with E-state index in [-0.39, 0.29) is 11.7 Å². The zero-order valence-electron chi connectivity index (χ0n) is 11.5. The maximum atomic E-state index is 13.2. The molecule has 0 spiro atoms. The molecule has 20 heavy (non-hydrogen) atoms. The lowest BCUT2D eigenvalue weighted by atomic mass is 9.80. The first kappa shape index (κ1) is 13.3. The number of aliphatic hydroxyl groups is 1. The van der Waals surface area contributed by atoms with Gasteiger partial charge in [-0.25, -0.2) is 4.39 Å². The van der Waals surface area contributed by atoms with Gasteiger partial charge in [-0.1, -0.05) is 12.1 Å². The number of pyridine rings is 1. The standard InChI is InChI=1S/C17H18FNO/c1-11-10-13(18)7-8-14(11)17(20)15-6-2-4-12-5-3-9-19-16(12)15/h3,5,7-10,15,17,20H,2,4,6H2,1H3. The highest BCUT2D eigenvalue weighted by molar-refractivity contribution is 5.34. The van der Waals surface area contributed by atoms with Gasteiger partial charge in [0.2, 0.25) is 0 Å². The number of aliphatic hydroxyl groups excluding tert-OH is 1. The number of nitrogens with zero attached hydrogens (tertiary/aromatic N) is 1. The van der Waals surface area contributed by atoms with Crippen LogP contribution in [0, 0.1) is 12.7 Å². The molecule has 0 bridgehead atoms. The molecule has 1 aromatic carbocycles. The van der Waals surface area contributed by atoms with E-state index >= 15 is 0 Å². The van der Waals surface area contributed by atoms with Gasteiger partial charge in [0.05, 0.1) is 6.10 Å². The van der Waals surface area contributed by atoms with Gasteiger partial charge in [0.15, 0.2) is 0 Å². The number of fused-ring (bicyclic) bond motifs is 1. The van der Waals surface area contributed by atoms with Gasteiger partial charge in [0.25, 0.3) is 0 Å². The monoisotopic (exact) mass is 271 g/mol. The van der Waals surface area contributed by atoms with E-state index in [0.717, 1.165) is 36.1 Å². The third-order valence-electron chi connectivity index (χ3n) is 4.17. The van der Waals surface area contributed by atoms with Crippen molar-refractivity contribution in [2.75, 3.05) is 0 Å². The Labute approximate surface area is 118 Å². The zero-order valence-corrected chi connectivity index (χ0v) is 11.5. The minimum Gasteiger partial charge on any atom is -0.388 e. The second kappa shape index (κ2) is 5.33. The molecule has 0 fully saturated rings. The van der Waals surface area contributed by atoms with E-state index in [4.69, 9.17) is 0 Å². The number of halogens is 1. The summed E-state index contributed by atoms with van der Waals surface area (Å²) in [5.74, 6) is -0.260. The summed E-state index contributed by atoms with van der Waals surface area (Å²) in [5.41, 5.74) is 3.81. The highest BCUT2D eigenvalue weighted by Crippen LogP contribution is 2.39. The second-order valence-corrected chi connectivity index (χ2v) is 5.49. The normalized spacial score (nSPS) is 19.4. The highest BCUT2D eigenvalue weighted by atomic mass is 19.1. The van der Waals surface area contributed by atoms with Crippen LogP contribution in [0.25, 0.3) is 0 Å². The van der Waals surface area contributed by atoms with Crippen molar-refractivity contribution in [3.63, 3.8) is 0 Å². The Bertz CT molecular complexity index is 626. The maximum absolute atomic E-state index is 13.2. The van der Waals surface area contributed by atoms with Gasteiger partial charge in [-0.05, 0) is 61.1 Å². The average molecular weight is 271 g/mol. The summed E-state index contributed by atoms with van der Waals surface area (Å²) in [6.45, 7) is 1.84. The van der Waals surface area contributed by atoms with Crippen molar-refractivity contribution in [1.82, 2.24) is 4.98 Å². The van der Waals surface area contributed by atoms with Crippen LogP contribution in [-0.2, 0) is 6.42 Å². The largest absolute Gasteiger partial charge is 0.388 e. The predicted molar refractivity (Wildman–Crippen MR) is 76.0 cm³/mol. The van der Waals surface area contributed by atoms with Gasteiger partial charge in [0.1, 0.15) is 5.82 Å². The Hall–Kier alpha value is -1.74. The van der Waals surface area contributed by atoms with Crippen LogP contribution >= 0.6 is 0 Å². The topological polar surface area (TPSA) is 33.1 Å². The van der Waals surface area contributed by atoms with E-state index in [1.807, 2.05) is 13.0 Å². The molecule has 1 aliphatic rings. The van der Waals surface area contributed by atoms with E-state index < -0.39 is 6.10 Å². The van der Waals surface area contributed by atoms with Crippen molar-refractivity contribution in [2.45, 2.75) is 38.2 Å². The molecule has 104 valence electrons. The molecule has 2 unspecified atom stereocenters. The summed E-state index contributed by atoms with van der Waals surface area (Å²) in [4.78, 5) is 4.46. The Morgan fingerprint density at radius 1 is 1.35 bits per heavy atom. The summed E-state index contributed by atoms with van der Waals surface area (Å²) in [7, 11) is 0. The van der Waals surface area contributed by atoms with Crippen LogP contribution in [0.5, 0.6) is 0 Å². The fourth-order valence-electron chi connectivity index (χ4n) is 3.14. The second-order valence-electron chi connectivity index (χ2n) is 5.49. The molecule has 1 heterocycles. The van der Waals surface area contributed by atoms with Gasteiger partial charge < -0.3 is 5.11 Å². The lowest BCUT2D eigenvalue weighted by Gasteiger charge is -2.29. The van der Waals surface area contributed by atoms with Crippen molar-refractivity contribution >= 4 is 0 Å². The van der Waals surface area contributed by atoms with Crippen LogP contribution in [-0.4, -0.2) is 10.1 Å². The van der Waals surface area contributed by atoms with Gasteiger partial charge in [0, 0.05) is 17.8 Å². The van der Waals surface area contributed by atoms with Crippen molar-refractivity contribution in [1.29, 1.82) is 0 Å². The first-order valence-electron chi connectivity index (χ1n) is 7.04. The first-order valence-corrected chi connectivity index (χ1v) is 7.04. The summed E-state index contributed by atoms with van der Waals surface area (Å²) >= 11 is 0. The zero-order chi connectivity index (χ0) is 14.1. The summed E-state index contributed by atoms with van der Waals surface area (Å²) in [5, 5.41) is 10.7. The van der Waals surface area contributed by atoms with E-state index in [1.165, 1.54) is 17.7 Å². The average Bonchev–Trinajstić information content (AvgIpc) is 2.46. The molecule has 0 saturated carbocycles. The molecule has 0 saturated heterocycles. The predicted octanol–water partition coefficient (Wildman–Crippen LogP) is 3.68. The minimum atomic E-state index is -0.621. The summed E-state index contributed by atoms with van der Waals surface area (Å²) in [6.07, 6.45) is 4.16. The van der Waals surface area contributed by atoms with Crippen LogP contribution in [0.3, 0.4) is 0 Å². The minimum absolute atomic E-state index is 0.00381. The molecule has 0 radical (unpaired) electrons. The molecule has 1 N–H and O–H groups in total. The highest BCUT2D eigenvalue weighted by Gasteiger charge is 2.29. The number of hydrogen-bond donors (Lipinski definition) is 1. The Balaban J connectivity index is 1.97. The molecule has 2 nitrogen and oxygen atoms in total.